The minimum absolute atomic E-state index is 0.136. The highest BCUT2D eigenvalue weighted by Crippen LogP contribution is 2.68. The van der Waals surface area contributed by atoms with E-state index < -0.39 is 0 Å². The van der Waals surface area contributed by atoms with Gasteiger partial charge in [0.1, 0.15) is 0 Å². The Morgan fingerprint density at radius 1 is 0.286 bits per heavy atom. The van der Waals surface area contributed by atoms with E-state index in [1.807, 2.05) is 0 Å². The van der Waals surface area contributed by atoms with Gasteiger partial charge < -0.3 is 0 Å². The molecule has 15 rings (SSSR count). The summed E-state index contributed by atoms with van der Waals surface area (Å²) in [6.07, 6.45) is 20.2. The van der Waals surface area contributed by atoms with Crippen molar-refractivity contribution in [3.8, 4) is 55.6 Å². The van der Waals surface area contributed by atoms with Gasteiger partial charge in [0.2, 0.25) is 0 Å². The summed E-state index contributed by atoms with van der Waals surface area (Å²) in [4.78, 5) is 0. The Balaban J connectivity index is 1.05. The molecule has 0 nitrogen and oxygen atoms in total. The summed E-state index contributed by atoms with van der Waals surface area (Å²) < 4.78 is 0. The van der Waals surface area contributed by atoms with Gasteiger partial charge in [0.05, 0.1) is 0 Å². The Bertz CT molecular complexity index is 4060. The van der Waals surface area contributed by atoms with Crippen LogP contribution in [0.25, 0.3) is 110 Å². The van der Waals surface area contributed by atoms with Gasteiger partial charge in [0, 0.05) is 17.8 Å². The van der Waals surface area contributed by atoms with Gasteiger partial charge in [-0.15, -0.1) is 0 Å². The first kappa shape index (κ1) is 39.4. The molecule has 70 heavy (non-hydrogen) atoms. The topological polar surface area (TPSA) is 0 Å². The fourth-order valence-corrected chi connectivity index (χ4v) is 13.2. The van der Waals surface area contributed by atoms with Gasteiger partial charge in [-0.05, 0) is 163 Å². The lowest BCUT2D eigenvalue weighted by Crippen LogP contribution is -2.18. The van der Waals surface area contributed by atoms with Gasteiger partial charge in [-0.3, -0.25) is 0 Å². The Labute approximate surface area is 408 Å². The predicted molar refractivity (Wildman–Crippen MR) is 297 cm³/mol. The predicted octanol–water partition coefficient (Wildman–Crippen LogP) is 18.6. The molecule has 0 bridgehead atoms. The SMILES string of the molecule is C1=CCC(c2cccc(-c3c4c(c(-c5ccccc5)c5ccccc35)C3=CC=C5c6c(c(-c7ccccc7)c7cc8ccccc8cc7c6-c6cccc(-c7ccccc7)c6)C6=CC=C4C3C65)c2)C=C1. The van der Waals surface area contributed by atoms with Crippen molar-refractivity contribution in [2.75, 3.05) is 0 Å². The van der Waals surface area contributed by atoms with E-state index in [-0.39, 0.29) is 11.8 Å². The molecule has 3 atom stereocenters. The monoisotopic (exact) mass is 886 g/mol. The Morgan fingerprint density at radius 3 is 1.23 bits per heavy atom. The van der Waals surface area contributed by atoms with Crippen LogP contribution in [0.5, 0.6) is 0 Å². The van der Waals surface area contributed by atoms with Gasteiger partial charge in [-0.2, -0.15) is 0 Å². The molecular formula is C70H46. The van der Waals surface area contributed by atoms with Crippen LogP contribution in [-0.4, -0.2) is 0 Å². The molecule has 326 valence electrons. The van der Waals surface area contributed by atoms with Gasteiger partial charge in [-0.1, -0.05) is 231 Å². The van der Waals surface area contributed by atoms with E-state index in [9.17, 15) is 0 Å². The van der Waals surface area contributed by atoms with Crippen LogP contribution >= 0.6 is 0 Å². The van der Waals surface area contributed by atoms with E-state index in [1.54, 1.807) is 0 Å². The number of hydrogen-bond donors (Lipinski definition) is 0. The molecule has 0 fully saturated rings. The van der Waals surface area contributed by atoms with Crippen molar-refractivity contribution >= 4 is 54.6 Å². The van der Waals surface area contributed by atoms with Crippen LogP contribution in [0, 0.1) is 11.8 Å². The summed E-state index contributed by atoms with van der Waals surface area (Å²) in [7, 11) is 0. The number of allylic oxidation sites excluding steroid dienone is 12. The van der Waals surface area contributed by atoms with Crippen molar-refractivity contribution in [2.24, 2.45) is 11.8 Å². The number of hydrogen-bond acceptors (Lipinski definition) is 0. The van der Waals surface area contributed by atoms with E-state index in [2.05, 4.69) is 249 Å². The van der Waals surface area contributed by atoms with Crippen LogP contribution in [0.1, 0.15) is 40.2 Å². The second-order valence-corrected chi connectivity index (χ2v) is 19.7. The number of fused-ring (bicyclic) bond motifs is 9. The lowest BCUT2D eigenvalue weighted by Gasteiger charge is -2.31. The summed E-state index contributed by atoms with van der Waals surface area (Å²) in [5.41, 5.74) is 25.4. The molecule has 0 aliphatic heterocycles. The zero-order valence-electron chi connectivity index (χ0n) is 38.6. The number of rotatable bonds is 6. The third-order valence-corrected chi connectivity index (χ3v) is 16.1. The molecule has 10 aromatic rings. The van der Waals surface area contributed by atoms with E-state index in [0.29, 0.717) is 5.92 Å². The summed E-state index contributed by atoms with van der Waals surface area (Å²) >= 11 is 0. The van der Waals surface area contributed by atoms with E-state index in [0.717, 1.165) is 6.42 Å². The first-order valence-electron chi connectivity index (χ1n) is 24.9. The second kappa shape index (κ2) is 15.5. The average Bonchev–Trinajstić information content (AvgIpc) is 3.94. The second-order valence-electron chi connectivity index (χ2n) is 19.7. The first-order chi connectivity index (χ1) is 34.8. The lowest BCUT2D eigenvalue weighted by molar-refractivity contribution is 0.759. The minimum Gasteiger partial charge on any atom is -0.0836 e. The number of benzene rings is 10. The highest BCUT2D eigenvalue weighted by Gasteiger charge is 2.51. The van der Waals surface area contributed by atoms with Crippen LogP contribution in [0.4, 0.5) is 0 Å². The fourth-order valence-electron chi connectivity index (χ4n) is 13.2. The molecular weight excluding hydrogens is 841 g/mol. The zero-order chi connectivity index (χ0) is 45.9. The van der Waals surface area contributed by atoms with E-state index in [1.165, 1.54) is 138 Å². The standard InChI is InChI=1S/C70H46/c1-5-19-43(20-6-1)47-29-17-31-51(39-47)63-54-34-16-15-33-53(54)61(45-23-9-3-10-24-45)67-55-35-38-58-66-56(36-37-57(65(55)66)69(63)67)68-62(46-25-11-4-12-26-46)59-41-49-27-13-14-28-50(49)42-60(59)64(70(58)68)52-32-18-30-48(40-52)44-21-7-2-8-22-44/h1-19,21-43,65-66H,20H2. The van der Waals surface area contributed by atoms with Crippen molar-refractivity contribution in [2.45, 2.75) is 12.3 Å². The molecule has 10 aromatic carbocycles. The average molecular weight is 887 g/mol. The molecule has 0 radical (unpaired) electrons. The van der Waals surface area contributed by atoms with Crippen molar-refractivity contribution in [3.05, 3.63) is 277 Å². The molecule has 0 amide bonds. The quantitative estimate of drug-likeness (QED) is 0.146. The largest absolute Gasteiger partial charge is 0.0836 e. The van der Waals surface area contributed by atoms with Crippen molar-refractivity contribution in [3.63, 3.8) is 0 Å². The van der Waals surface area contributed by atoms with Crippen molar-refractivity contribution < 1.29 is 0 Å². The fraction of sp³-hybridized carbons (Fsp3) is 0.0571. The van der Waals surface area contributed by atoms with Crippen LogP contribution in [0.15, 0.2) is 249 Å². The van der Waals surface area contributed by atoms with Crippen LogP contribution in [0.2, 0.25) is 0 Å². The molecule has 0 spiro atoms. The lowest BCUT2D eigenvalue weighted by atomic mass is 9.71. The summed E-state index contributed by atoms with van der Waals surface area (Å²) in [6.45, 7) is 0. The highest BCUT2D eigenvalue weighted by atomic mass is 14.5. The normalized spacial score (nSPS) is 18.0. The highest BCUT2D eigenvalue weighted by molar-refractivity contribution is 6.25. The van der Waals surface area contributed by atoms with Crippen LogP contribution in [-0.2, 0) is 0 Å². The molecule has 0 N–H and O–H groups in total. The van der Waals surface area contributed by atoms with E-state index in [4.69, 9.17) is 0 Å². The molecule has 3 unspecified atom stereocenters. The molecule has 0 aromatic heterocycles. The molecule has 5 aliphatic carbocycles. The van der Waals surface area contributed by atoms with Gasteiger partial charge in [0.25, 0.3) is 0 Å². The van der Waals surface area contributed by atoms with Gasteiger partial charge >= 0.3 is 0 Å². The smallest absolute Gasteiger partial charge is 0.0212 e. The maximum atomic E-state index is 2.54. The van der Waals surface area contributed by atoms with E-state index >= 15 is 0 Å². The van der Waals surface area contributed by atoms with Crippen molar-refractivity contribution in [1.82, 2.24) is 0 Å². The van der Waals surface area contributed by atoms with Gasteiger partial charge in [-0.25, -0.2) is 0 Å². The summed E-state index contributed by atoms with van der Waals surface area (Å²) in [6, 6.07) is 75.2. The molecule has 5 aliphatic rings. The maximum Gasteiger partial charge on any atom is 0.0212 e. The third kappa shape index (κ3) is 5.77. The van der Waals surface area contributed by atoms with Crippen LogP contribution in [0.3, 0.4) is 0 Å². The zero-order valence-corrected chi connectivity index (χ0v) is 38.6. The summed E-state index contributed by atoms with van der Waals surface area (Å²) in [5, 5.41) is 7.71. The van der Waals surface area contributed by atoms with Crippen molar-refractivity contribution in [1.29, 1.82) is 0 Å². The Kier molecular flexibility index (Phi) is 8.71. The molecule has 0 heterocycles. The van der Waals surface area contributed by atoms with Gasteiger partial charge in [0.15, 0.2) is 0 Å². The Hall–Kier alpha value is -8.58. The molecule has 0 saturated carbocycles. The molecule has 0 heteroatoms. The maximum absolute atomic E-state index is 2.54. The molecule has 0 saturated heterocycles. The third-order valence-electron chi connectivity index (χ3n) is 16.1. The Morgan fingerprint density at radius 2 is 0.700 bits per heavy atom. The minimum atomic E-state index is 0.136. The van der Waals surface area contributed by atoms with Crippen LogP contribution < -0.4 is 0 Å². The first-order valence-corrected chi connectivity index (χ1v) is 24.9. The summed E-state index contributed by atoms with van der Waals surface area (Å²) in [5.74, 6) is 0.636.